The van der Waals surface area contributed by atoms with Gasteiger partial charge in [-0.25, -0.2) is 0 Å². The number of aliphatic carboxylic acids is 1. The van der Waals surface area contributed by atoms with Gasteiger partial charge in [0, 0.05) is 5.69 Å². The van der Waals surface area contributed by atoms with Crippen molar-refractivity contribution in [3.63, 3.8) is 0 Å². The minimum absolute atomic E-state index is 0. The van der Waals surface area contributed by atoms with Gasteiger partial charge < -0.3 is 10.4 Å². The van der Waals surface area contributed by atoms with E-state index in [2.05, 4.69) is 12.2 Å². The van der Waals surface area contributed by atoms with E-state index in [-0.39, 0.29) is 24.9 Å². The third kappa shape index (κ3) is 5.00. The number of hydrogen-bond donors (Lipinski definition) is 2. The molecule has 0 aromatic heterocycles. The van der Waals surface area contributed by atoms with Crippen molar-refractivity contribution >= 4 is 30.0 Å². The van der Waals surface area contributed by atoms with Gasteiger partial charge in [0.1, 0.15) is 6.04 Å². The first-order valence-corrected chi connectivity index (χ1v) is 7.46. The van der Waals surface area contributed by atoms with Crippen molar-refractivity contribution in [3.05, 3.63) is 29.8 Å². The topological polar surface area (TPSA) is 69.6 Å². The van der Waals surface area contributed by atoms with Crippen LogP contribution in [0, 0.1) is 0 Å². The fourth-order valence-electron chi connectivity index (χ4n) is 2.67. The molecular formula is C16H23ClN2O3. The number of amides is 1. The molecule has 1 heterocycles. The normalized spacial score (nSPS) is 18.3. The summed E-state index contributed by atoms with van der Waals surface area (Å²) in [4.78, 5) is 25.0. The van der Waals surface area contributed by atoms with Crippen LogP contribution in [0.1, 0.15) is 31.7 Å². The molecule has 5 nitrogen and oxygen atoms in total. The number of hydrogen-bond acceptors (Lipinski definition) is 3. The molecular weight excluding hydrogens is 304 g/mol. The molecule has 1 amide bonds. The van der Waals surface area contributed by atoms with Crippen LogP contribution in [-0.2, 0) is 16.0 Å². The van der Waals surface area contributed by atoms with Gasteiger partial charge in [-0.1, -0.05) is 25.5 Å². The molecule has 0 radical (unpaired) electrons. The highest BCUT2D eigenvalue weighted by Gasteiger charge is 2.29. The number of carboxylic acid groups (broad SMARTS) is 1. The van der Waals surface area contributed by atoms with Crippen LogP contribution < -0.4 is 5.32 Å². The molecule has 1 atom stereocenters. The molecule has 1 unspecified atom stereocenters. The Kier molecular flexibility index (Phi) is 7.35. The molecule has 122 valence electrons. The number of likely N-dealkylation sites (tertiary alicyclic amines) is 1. The third-order valence-corrected chi connectivity index (χ3v) is 3.89. The molecule has 1 fully saturated rings. The van der Waals surface area contributed by atoms with Gasteiger partial charge in [-0.15, -0.1) is 12.4 Å². The Morgan fingerprint density at radius 2 is 1.95 bits per heavy atom. The standard InChI is InChI=1S/C16H22N2O3.ClH/c1-2-12-6-8-13(9-7-12)17-15(19)11-18-10-4-3-5-14(18)16(20)21;/h6-9,14H,2-5,10-11H2,1H3,(H,17,19)(H,20,21);1H. The predicted molar refractivity (Wildman–Crippen MR) is 88.5 cm³/mol. The number of carbonyl (C=O) groups is 2. The van der Waals surface area contributed by atoms with Crippen LogP contribution in [0.2, 0.25) is 0 Å². The van der Waals surface area contributed by atoms with Crippen molar-refractivity contribution in [2.45, 2.75) is 38.6 Å². The maximum atomic E-state index is 12.1. The monoisotopic (exact) mass is 326 g/mol. The zero-order valence-corrected chi connectivity index (χ0v) is 13.6. The first kappa shape index (κ1) is 18.5. The fraction of sp³-hybridized carbons (Fsp3) is 0.500. The lowest BCUT2D eigenvalue weighted by Crippen LogP contribution is -2.47. The zero-order chi connectivity index (χ0) is 15.2. The van der Waals surface area contributed by atoms with E-state index in [0.29, 0.717) is 13.0 Å². The summed E-state index contributed by atoms with van der Waals surface area (Å²) in [7, 11) is 0. The summed E-state index contributed by atoms with van der Waals surface area (Å²) in [6.45, 7) is 2.88. The SMILES string of the molecule is CCc1ccc(NC(=O)CN2CCCCC2C(=O)O)cc1.Cl. The molecule has 22 heavy (non-hydrogen) atoms. The van der Waals surface area contributed by atoms with Crippen LogP contribution in [0.15, 0.2) is 24.3 Å². The van der Waals surface area contributed by atoms with E-state index in [4.69, 9.17) is 0 Å². The van der Waals surface area contributed by atoms with Gasteiger partial charge in [-0.05, 0) is 43.5 Å². The molecule has 0 bridgehead atoms. The number of benzene rings is 1. The molecule has 1 aliphatic heterocycles. The molecule has 2 N–H and O–H groups in total. The van der Waals surface area contributed by atoms with Crippen LogP contribution in [0.25, 0.3) is 0 Å². The van der Waals surface area contributed by atoms with Crippen LogP contribution in [-0.4, -0.2) is 41.0 Å². The van der Waals surface area contributed by atoms with Crippen molar-refractivity contribution in [1.29, 1.82) is 0 Å². The van der Waals surface area contributed by atoms with Gasteiger partial charge in [-0.3, -0.25) is 14.5 Å². The number of piperidine rings is 1. The van der Waals surface area contributed by atoms with Crippen LogP contribution in [0.4, 0.5) is 5.69 Å². The maximum absolute atomic E-state index is 12.1. The number of halogens is 1. The van der Waals surface area contributed by atoms with Gasteiger partial charge in [0.25, 0.3) is 0 Å². The lowest BCUT2D eigenvalue weighted by atomic mass is 10.0. The second-order valence-electron chi connectivity index (χ2n) is 5.42. The Morgan fingerprint density at radius 3 is 2.55 bits per heavy atom. The van der Waals surface area contributed by atoms with Crippen molar-refractivity contribution in [2.24, 2.45) is 0 Å². The molecule has 0 saturated carbocycles. The van der Waals surface area contributed by atoms with Crippen molar-refractivity contribution in [1.82, 2.24) is 4.90 Å². The van der Waals surface area contributed by atoms with E-state index in [1.54, 1.807) is 4.90 Å². The number of anilines is 1. The average Bonchev–Trinajstić information content (AvgIpc) is 2.48. The van der Waals surface area contributed by atoms with Gasteiger partial charge in [0.2, 0.25) is 5.91 Å². The Balaban J connectivity index is 0.00000242. The van der Waals surface area contributed by atoms with Gasteiger partial charge in [0.15, 0.2) is 0 Å². The Morgan fingerprint density at radius 1 is 1.27 bits per heavy atom. The Labute approximate surface area is 137 Å². The lowest BCUT2D eigenvalue weighted by Gasteiger charge is -2.32. The lowest BCUT2D eigenvalue weighted by molar-refractivity contribution is -0.145. The highest BCUT2D eigenvalue weighted by atomic mass is 35.5. The van der Waals surface area contributed by atoms with Crippen LogP contribution >= 0.6 is 12.4 Å². The predicted octanol–water partition coefficient (Wildman–Crippen LogP) is 2.55. The summed E-state index contributed by atoms with van der Waals surface area (Å²) in [6.07, 6.45) is 3.44. The minimum atomic E-state index is -0.838. The van der Waals surface area contributed by atoms with E-state index in [1.807, 2.05) is 24.3 Å². The summed E-state index contributed by atoms with van der Waals surface area (Å²) >= 11 is 0. The van der Waals surface area contributed by atoms with Crippen molar-refractivity contribution in [3.8, 4) is 0 Å². The van der Waals surface area contributed by atoms with Crippen LogP contribution in [0.5, 0.6) is 0 Å². The average molecular weight is 327 g/mol. The van der Waals surface area contributed by atoms with Crippen LogP contribution in [0.3, 0.4) is 0 Å². The number of nitrogens with zero attached hydrogens (tertiary/aromatic N) is 1. The van der Waals surface area contributed by atoms with E-state index < -0.39 is 12.0 Å². The number of carboxylic acids is 1. The number of carbonyl (C=O) groups excluding carboxylic acids is 1. The molecule has 0 spiro atoms. The van der Waals surface area contributed by atoms with E-state index in [1.165, 1.54) is 5.56 Å². The summed E-state index contributed by atoms with van der Waals surface area (Å²) < 4.78 is 0. The van der Waals surface area contributed by atoms with Gasteiger partial charge >= 0.3 is 5.97 Å². The maximum Gasteiger partial charge on any atom is 0.320 e. The molecule has 1 aliphatic rings. The third-order valence-electron chi connectivity index (χ3n) is 3.89. The van der Waals surface area contributed by atoms with E-state index in [9.17, 15) is 14.7 Å². The second-order valence-corrected chi connectivity index (χ2v) is 5.42. The summed E-state index contributed by atoms with van der Waals surface area (Å²) in [5.74, 6) is -0.998. The fourth-order valence-corrected chi connectivity index (χ4v) is 2.67. The van der Waals surface area contributed by atoms with Gasteiger partial charge in [-0.2, -0.15) is 0 Å². The first-order valence-electron chi connectivity index (χ1n) is 7.46. The number of rotatable bonds is 5. The summed E-state index contributed by atoms with van der Waals surface area (Å²) in [5.41, 5.74) is 1.97. The molecule has 1 aromatic carbocycles. The Bertz CT molecular complexity index is 505. The molecule has 2 rings (SSSR count). The van der Waals surface area contributed by atoms with E-state index >= 15 is 0 Å². The molecule has 1 saturated heterocycles. The first-order chi connectivity index (χ1) is 10.1. The molecule has 6 heteroatoms. The quantitative estimate of drug-likeness (QED) is 0.872. The smallest absolute Gasteiger partial charge is 0.320 e. The summed E-state index contributed by atoms with van der Waals surface area (Å²) in [5, 5.41) is 12.0. The zero-order valence-electron chi connectivity index (χ0n) is 12.7. The molecule has 1 aromatic rings. The Hall–Kier alpha value is -1.59. The summed E-state index contributed by atoms with van der Waals surface area (Å²) in [6, 6.07) is 7.18. The second kappa shape index (κ2) is 8.76. The number of nitrogens with one attached hydrogen (secondary N) is 1. The van der Waals surface area contributed by atoms with Gasteiger partial charge in [0.05, 0.1) is 6.54 Å². The van der Waals surface area contributed by atoms with Crippen molar-refractivity contribution < 1.29 is 14.7 Å². The van der Waals surface area contributed by atoms with E-state index in [0.717, 1.165) is 24.9 Å². The highest BCUT2D eigenvalue weighted by molar-refractivity contribution is 5.92. The number of aryl methyl sites for hydroxylation is 1. The van der Waals surface area contributed by atoms with Crippen molar-refractivity contribution in [2.75, 3.05) is 18.4 Å². The minimum Gasteiger partial charge on any atom is -0.480 e. The largest absolute Gasteiger partial charge is 0.480 e. The highest BCUT2D eigenvalue weighted by Crippen LogP contribution is 2.17. The molecule has 0 aliphatic carbocycles.